The van der Waals surface area contributed by atoms with E-state index >= 15 is 0 Å². The van der Waals surface area contributed by atoms with Gasteiger partial charge in [0.05, 0.1) is 5.41 Å². The molecule has 0 bridgehead atoms. The lowest BCUT2D eigenvalue weighted by Crippen LogP contribution is -2.48. The molecule has 34 rings (SSSR count). The fraction of sp³-hybridized carbons (Fsp3) is 0.0725. The van der Waals surface area contributed by atoms with E-state index in [4.69, 9.17) is 9.47 Å². The third-order valence-electron chi connectivity index (χ3n) is 25.8. The van der Waals surface area contributed by atoms with E-state index in [1.807, 2.05) is 7.11 Å². The van der Waals surface area contributed by atoms with Crippen LogP contribution in [0.2, 0.25) is 0 Å². The van der Waals surface area contributed by atoms with Gasteiger partial charge in [0.2, 0.25) is 0 Å². The first-order chi connectivity index (χ1) is 35.3. The molecule has 4 aliphatic carbocycles. The fourth-order valence-corrected chi connectivity index (χ4v) is 25.5. The highest BCUT2D eigenvalue weighted by molar-refractivity contribution is 6.82. The zero-order valence-electron chi connectivity index (χ0n) is 36.4. The van der Waals surface area contributed by atoms with Crippen molar-refractivity contribution in [3.63, 3.8) is 0 Å². The molecule has 1 aliphatic heterocycles. The molecule has 5 aliphatic rings. The summed E-state index contributed by atoms with van der Waals surface area (Å²) in [6.45, 7) is 0. The minimum absolute atomic E-state index is 0.510. The molecule has 0 N–H and O–H groups in total. The number of rotatable bonds is 2. The first-order valence-corrected chi connectivity index (χ1v) is 26.4. The first kappa shape index (κ1) is 26.5. The summed E-state index contributed by atoms with van der Waals surface area (Å²) in [7, 11) is 1.98. The Hall–Kier alpha value is -8.40. The second-order valence-corrected chi connectivity index (χ2v) is 25.9. The Morgan fingerprint density at radius 1 is 0.268 bits per heavy atom. The number of benzene rings is 19. The van der Waals surface area contributed by atoms with Gasteiger partial charge in [-0.1, -0.05) is 30.3 Å². The molecule has 2 spiro atoms. The standard InChI is InChI=1S/C69H10O2/c1-70-68(8-5-3-2-4-6-8)7-67-63-55-47-37-27-19-11-9-10-13-17-15(11)23-31-25(17)35-29-21(13)22-14(10)18-16-12(9)20(19)28-34-24(16)32-26(18)36-30(22)40-39(29)51-45(35)53-43(31)49(41(47)33(23)27)57(63)59(53)65-61(51)62-52(40)46(36)54-44(32)50-42(34)48(38(28)37)56(55)64(67)58(50)60(54)66(62)69(65,67)71-68/h2-6H,7H2,1H3. The van der Waals surface area contributed by atoms with E-state index in [1.54, 1.807) is 302 Å². The summed E-state index contributed by atoms with van der Waals surface area (Å²) >= 11 is 0. The molecular formula is C69H10O2. The molecule has 29 aromatic rings. The van der Waals surface area contributed by atoms with Crippen molar-refractivity contribution in [1.82, 2.24) is 0 Å². The van der Waals surface area contributed by atoms with Crippen molar-refractivity contribution in [1.29, 1.82) is 0 Å². The molecule has 2 nitrogen and oxygen atoms in total. The van der Waals surface area contributed by atoms with Crippen LogP contribution < -0.4 is 0 Å². The molecule has 2 heteroatoms. The zero-order valence-corrected chi connectivity index (χ0v) is 36.4. The van der Waals surface area contributed by atoms with Gasteiger partial charge in [-0.2, -0.15) is 0 Å². The van der Waals surface area contributed by atoms with Gasteiger partial charge >= 0.3 is 0 Å². The van der Waals surface area contributed by atoms with Crippen LogP contribution >= 0.6 is 0 Å². The quantitative estimate of drug-likeness (QED) is 0.161. The molecule has 0 amide bonds. The Labute approximate surface area is 386 Å². The van der Waals surface area contributed by atoms with E-state index in [9.17, 15) is 0 Å². The summed E-state index contributed by atoms with van der Waals surface area (Å²) in [6, 6.07) is 11.3. The first-order valence-electron chi connectivity index (χ1n) is 26.4. The van der Waals surface area contributed by atoms with Crippen LogP contribution in [0, 0.1) is 0 Å². The summed E-state index contributed by atoms with van der Waals surface area (Å²) in [5, 5.41) is 87.2. The summed E-state index contributed by atoms with van der Waals surface area (Å²) in [5.74, 6) is -0.977. The van der Waals surface area contributed by atoms with E-state index in [0.717, 1.165) is 12.0 Å². The summed E-state index contributed by atoms with van der Waals surface area (Å²) in [5.41, 5.74) is 6.17. The summed E-state index contributed by atoms with van der Waals surface area (Å²) < 4.78 is 16.1. The molecule has 1 unspecified atom stereocenters. The van der Waals surface area contributed by atoms with Crippen LogP contribution in [0.5, 0.6) is 0 Å². The van der Waals surface area contributed by atoms with Gasteiger partial charge in [-0.05, 0) is 302 Å². The maximum Gasteiger partial charge on any atom is 0.197 e. The van der Waals surface area contributed by atoms with E-state index in [2.05, 4.69) is 30.3 Å². The molecule has 29 aromatic carbocycles. The monoisotopic (exact) mass is 870 g/mol. The van der Waals surface area contributed by atoms with Gasteiger partial charge in [-0.15, -0.1) is 0 Å². The SMILES string of the molecule is COC1(c2ccccc2)CC23c4c5c6c7c8c9c(c%10c%11c2c2c4c4c%12c5c5c6c6c8c8c%13c9c9c%10c%10c%11c%11c2c2c4c4c%12c%12c5c5c6c8c6c8c%13c9c9c%10c%10c%11c2c2c4c4c%12c5c6c5c8c9c%10c2c45)C73O1. The van der Waals surface area contributed by atoms with Crippen LogP contribution in [-0.4, -0.2) is 7.11 Å². The number of methoxy groups -OCH3 is 1. The maximum absolute atomic E-state index is 8.85. The largest absolute Gasteiger partial charge is 0.349 e. The van der Waals surface area contributed by atoms with Gasteiger partial charge in [-0.25, -0.2) is 0 Å². The zero-order chi connectivity index (χ0) is 42.2. The lowest BCUT2D eigenvalue weighted by atomic mass is 9.54. The topological polar surface area (TPSA) is 18.5 Å². The summed E-state index contributed by atoms with van der Waals surface area (Å²) in [6.07, 6.45) is 0.760. The Kier molecular flexibility index (Phi) is 2.23. The minimum Gasteiger partial charge on any atom is -0.349 e. The third kappa shape index (κ3) is 1.41. The smallest absolute Gasteiger partial charge is 0.197 e. The van der Waals surface area contributed by atoms with Gasteiger partial charge in [0.1, 0.15) is 5.60 Å². The highest BCUT2D eigenvalue weighted by Crippen LogP contribution is 2.87. The lowest BCUT2D eigenvalue weighted by molar-refractivity contribution is -0.242. The van der Waals surface area contributed by atoms with Crippen molar-refractivity contribution in [2.24, 2.45) is 0 Å². The van der Waals surface area contributed by atoms with Crippen LogP contribution in [0.15, 0.2) is 30.3 Å². The Balaban J connectivity index is 1.16. The normalized spacial score (nSPS) is 24.5. The van der Waals surface area contributed by atoms with Crippen molar-refractivity contribution in [3.05, 3.63) is 58.1 Å². The van der Waals surface area contributed by atoms with E-state index < -0.39 is 16.8 Å². The molecule has 0 aromatic heterocycles. The third-order valence-corrected chi connectivity index (χ3v) is 25.8. The fourth-order valence-electron chi connectivity index (χ4n) is 25.5. The van der Waals surface area contributed by atoms with E-state index in [1.165, 1.54) is 11.1 Å². The van der Waals surface area contributed by atoms with Crippen molar-refractivity contribution in [2.75, 3.05) is 7.11 Å². The van der Waals surface area contributed by atoms with Crippen molar-refractivity contribution in [2.45, 2.75) is 23.2 Å². The average Bonchev–Trinajstić information content (AvgIpc) is 4.40. The van der Waals surface area contributed by atoms with Gasteiger partial charge < -0.3 is 9.47 Å². The number of hydrogen-bond donors (Lipinski definition) is 0. The van der Waals surface area contributed by atoms with Crippen LogP contribution in [0.1, 0.15) is 34.2 Å². The van der Waals surface area contributed by atoms with Crippen LogP contribution in [0.3, 0.4) is 0 Å². The molecule has 1 atom stereocenters. The van der Waals surface area contributed by atoms with Gasteiger partial charge in [-0.3, -0.25) is 0 Å². The van der Waals surface area contributed by atoms with E-state index in [-0.39, 0.29) is 0 Å². The number of hydrogen-bond acceptors (Lipinski definition) is 2. The highest BCUT2D eigenvalue weighted by atomic mass is 16.7. The molecule has 0 radical (unpaired) electrons. The van der Waals surface area contributed by atoms with Gasteiger partial charge in [0.15, 0.2) is 5.79 Å². The molecule has 298 valence electrons. The minimum atomic E-state index is -0.977. The number of ether oxygens (including phenoxy) is 2. The Morgan fingerprint density at radius 3 is 0.676 bits per heavy atom. The summed E-state index contributed by atoms with van der Waals surface area (Å²) in [4.78, 5) is 0. The molecule has 1 heterocycles. The van der Waals surface area contributed by atoms with Gasteiger partial charge in [0, 0.05) is 30.2 Å². The predicted octanol–water partition coefficient (Wildman–Crippen LogP) is 18.2. The maximum atomic E-state index is 8.85. The van der Waals surface area contributed by atoms with Crippen molar-refractivity contribution in [3.8, 4) is 0 Å². The Bertz CT molecular complexity index is 6820. The average molecular weight is 871 g/mol. The second-order valence-electron chi connectivity index (χ2n) is 25.9. The lowest BCUT2D eigenvalue weighted by Gasteiger charge is -2.48. The van der Waals surface area contributed by atoms with Crippen LogP contribution in [0.25, 0.3) is 291 Å². The predicted molar refractivity (Wildman–Crippen MR) is 295 cm³/mol. The van der Waals surface area contributed by atoms with Gasteiger partial charge in [0.25, 0.3) is 0 Å². The Morgan fingerprint density at radius 2 is 0.465 bits per heavy atom. The molecule has 0 saturated carbocycles. The van der Waals surface area contributed by atoms with E-state index in [0.29, 0.717) is 0 Å². The molecule has 1 saturated heterocycles. The van der Waals surface area contributed by atoms with Crippen LogP contribution in [-0.2, 0) is 26.3 Å². The molecular weight excluding hydrogens is 861 g/mol. The van der Waals surface area contributed by atoms with Crippen molar-refractivity contribution >= 4 is 291 Å². The molecule has 1 fully saturated rings. The molecule has 71 heavy (non-hydrogen) atoms. The van der Waals surface area contributed by atoms with Crippen molar-refractivity contribution < 1.29 is 9.47 Å². The van der Waals surface area contributed by atoms with Crippen LogP contribution in [0.4, 0.5) is 0 Å². The second kappa shape index (κ2) is 5.97. The highest BCUT2D eigenvalue weighted by Gasteiger charge is 2.77.